The number of H-pyrrole nitrogens is 1. The first-order valence-corrected chi connectivity index (χ1v) is 13.6. The summed E-state index contributed by atoms with van der Waals surface area (Å²) in [7, 11) is -3.54. The molecule has 34 heavy (non-hydrogen) atoms. The van der Waals surface area contributed by atoms with Gasteiger partial charge in [0.25, 0.3) is 5.56 Å². The van der Waals surface area contributed by atoms with Crippen molar-refractivity contribution >= 4 is 15.4 Å². The molecule has 0 aliphatic carbocycles. The van der Waals surface area contributed by atoms with Crippen molar-refractivity contribution in [2.24, 2.45) is 0 Å². The standard InChI is InChI=1S/C24H33N5O4S/c1-5-8-21-25-16(4)22-24(30)26-23(27-29(21)22)19-15-18(9-10-20(19)33-7-3)34(31,32)17-11-13-28(6-2)14-12-17/h9-10,15,17H,5-8,11-14H2,1-4H3,(H,26,27,30). The smallest absolute Gasteiger partial charge is 0.277 e. The van der Waals surface area contributed by atoms with Gasteiger partial charge in [-0.15, -0.1) is 5.10 Å². The van der Waals surface area contributed by atoms with Crippen LogP contribution in [-0.4, -0.2) is 64.4 Å². The second-order valence-electron chi connectivity index (χ2n) is 8.70. The Labute approximate surface area is 200 Å². The van der Waals surface area contributed by atoms with Crippen molar-refractivity contribution in [1.29, 1.82) is 0 Å². The lowest BCUT2D eigenvalue weighted by Gasteiger charge is -2.30. The Hall–Kier alpha value is -2.72. The predicted molar refractivity (Wildman–Crippen MR) is 131 cm³/mol. The van der Waals surface area contributed by atoms with Crippen LogP contribution in [0.3, 0.4) is 0 Å². The Kier molecular flexibility index (Phi) is 7.09. The van der Waals surface area contributed by atoms with Gasteiger partial charge in [0.2, 0.25) is 0 Å². The molecule has 1 saturated heterocycles. The molecule has 0 radical (unpaired) electrons. The number of rotatable bonds is 8. The minimum absolute atomic E-state index is 0.222. The van der Waals surface area contributed by atoms with E-state index in [1.54, 1.807) is 29.6 Å². The van der Waals surface area contributed by atoms with Crippen LogP contribution in [0.1, 0.15) is 51.6 Å². The van der Waals surface area contributed by atoms with E-state index in [9.17, 15) is 13.2 Å². The number of sulfone groups is 1. The van der Waals surface area contributed by atoms with Crippen LogP contribution in [0.5, 0.6) is 5.75 Å². The normalized spacial score (nSPS) is 15.8. The van der Waals surface area contributed by atoms with E-state index in [1.165, 1.54) is 0 Å². The van der Waals surface area contributed by atoms with Crippen LogP contribution < -0.4 is 10.3 Å². The molecule has 2 aromatic heterocycles. The maximum atomic E-state index is 13.5. The maximum Gasteiger partial charge on any atom is 0.277 e. The summed E-state index contributed by atoms with van der Waals surface area (Å²) in [5.41, 5.74) is 1.14. The number of fused-ring (bicyclic) bond motifs is 1. The quantitative estimate of drug-likeness (QED) is 0.520. The molecule has 10 heteroatoms. The van der Waals surface area contributed by atoms with Crippen molar-refractivity contribution in [2.75, 3.05) is 26.2 Å². The number of aromatic nitrogens is 4. The third-order valence-electron chi connectivity index (χ3n) is 6.47. The fourth-order valence-corrected chi connectivity index (χ4v) is 6.38. The third kappa shape index (κ3) is 4.48. The highest BCUT2D eigenvalue weighted by Crippen LogP contribution is 2.33. The van der Waals surface area contributed by atoms with Crippen LogP contribution in [-0.2, 0) is 16.3 Å². The molecule has 0 unspecified atom stereocenters. The molecule has 0 saturated carbocycles. The number of hydrogen-bond acceptors (Lipinski definition) is 7. The SMILES string of the molecule is CCCc1nc(C)c2c(=O)[nH]c(-c3cc(S(=O)(=O)C4CCN(CC)CC4)ccc3OCC)nn12. The number of likely N-dealkylation sites (tertiary alicyclic amines) is 1. The topological polar surface area (TPSA) is 110 Å². The van der Waals surface area contributed by atoms with Gasteiger partial charge in [-0.25, -0.2) is 17.9 Å². The molecule has 0 spiro atoms. The first-order valence-electron chi connectivity index (χ1n) is 12.0. The van der Waals surface area contributed by atoms with Gasteiger partial charge in [0.05, 0.1) is 28.0 Å². The average Bonchev–Trinajstić information content (AvgIpc) is 3.15. The summed E-state index contributed by atoms with van der Waals surface area (Å²) in [6.45, 7) is 10.6. The zero-order valence-corrected chi connectivity index (χ0v) is 21.1. The highest BCUT2D eigenvalue weighted by atomic mass is 32.2. The molecule has 0 atom stereocenters. The van der Waals surface area contributed by atoms with Gasteiger partial charge in [-0.05, 0) is 70.9 Å². The number of nitrogens with one attached hydrogen (secondary N) is 1. The Bertz CT molecular complexity index is 1340. The minimum Gasteiger partial charge on any atom is -0.493 e. The molecule has 1 aromatic carbocycles. The van der Waals surface area contributed by atoms with Gasteiger partial charge < -0.3 is 14.6 Å². The van der Waals surface area contributed by atoms with E-state index in [4.69, 9.17) is 4.74 Å². The number of aromatic amines is 1. The molecule has 1 N–H and O–H groups in total. The number of aryl methyl sites for hydroxylation is 2. The summed E-state index contributed by atoms with van der Waals surface area (Å²) in [4.78, 5) is 22.8. The van der Waals surface area contributed by atoms with Gasteiger partial charge in [0.15, 0.2) is 21.2 Å². The van der Waals surface area contributed by atoms with Gasteiger partial charge in [0, 0.05) is 6.42 Å². The van der Waals surface area contributed by atoms with Crippen molar-refractivity contribution in [1.82, 2.24) is 24.5 Å². The highest BCUT2D eigenvalue weighted by molar-refractivity contribution is 7.92. The summed E-state index contributed by atoms with van der Waals surface area (Å²) in [6, 6.07) is 4.83. The molecule has 1 aliphatic heterocycles. The van der Waals surface area contributed by atoms with Gasteiger partial charge in [-0.2, -0.15) is 0 Å². The molecule has 184 valence electrons. The lowest BCUT2D eigenvalue weighted by atomic mass is 10.1. The van der Waals surface area contributed by atoms with E-state index in [1.807, 2.05) is 13.8 Å². The lowest BCUT2D eigenvalue weighted by molar-refractivity contribution is 0.241. The molecule has 9 nitrogen and oxygen atoms in total. The largest absolute Gasteiger partial charge is 0.493 e. The monoisotopic (exact) mass is 487 g/mol. The van der Waals surface area contributed by atoms with Gasteiger partial charge >= 0.3 is 0 Å². The van der Waals surface area contributed by atoms with E-state index >= 15 is 0 Å². The Morgan fingerprint density at radius 1 is 1.18 bits per heavy atom. The van der Waals surface area contributed by atoms with Crippen molar-refractivity contribution in [2.45, 2.75) is 63.5 Å². The molecular formula is C24H33N5O4S. The van der Waals surface area contributed by atoms with E-state index in [2.05, 4.69) is 26.9 Å². The van der Waals surface area contributed by atoms with Crippen LogP contribution in [0.15, 0.2) is 27.9 Å². The minimum atomic E-state index is -3.54. The maximum absolute atomic E-state index is 13.5. The van der Waals surface area contributed by atoms with E-state index in [-0.39, 0.29) is 16.3 Å². The van der Waals surface area contributed by atoms with Crippen LogP contribution >= 0.6 is 0 Å². The summed E-state index contributed by atoms with van der Waals surface area (Å²) in [6.07, 6.45) is 2.74. The van der Waals surface area contributed by atoms with Gasteiger partial charge in [-0.3, -0.25) is 4.79 Å². The fourth-order valence-electron chi connectivity index (χ4n) is 4.62. The second kappa shape index (κ2) is 9.87. The molecule has 1 aliphatic rings. The Morgan fingerprint density at radius 2 is 1.91 bits per heavy atom. The molecule has 4 rings (SSSR count). The first kappa shape index (κ1) is 24.4. The van der Waals surface area contributed by atoms with E-state index < -0.39 is 15.1 Å². The van der Waals surface area contributed by atoms with Crippen LogP contribution in [0, 0.1) is 6.92 Å². The molecule has 3 heterocycles. The molecule has 0 bridgehead atoms. The van der Waals surface area contributed by atoms with Gasteiger partial charge in [0.1, 0.15) is 11.6 Å². The van der Waals surface area contributed by atoms with Crippen molar-refractivity contribution in [3.05, 3.63) is 40.1 Å². The third-order valence-corrected chi connectivity index (χ3v) is 8.73. The predicted octanol–water partition coefficient (Wildman–Crippen LogP) is 3.00. The molecule has 1 fully saturated rings. The average molecular weight is 488 g/mol. The first-order chi connectivity index (χ1) is 16.3. The van der Waals surface area contributed by atoms with Crippen molar-refractivity contribution in [3.63, 3.8) is 0 Å². The van der Waals surface area contributed by atoms with Crippen LogP contribution in [0.2, 0.25) is 0 Å². The fraction of sp³-hybridized carbons (Fsp3) is 0.542. The van der Waals surface area contributed by atoms with E-state index in [0.717, 1.165) is 26.1 Å². The second-order valence-corrected chi connectivity index (χ2v) is 10.9. The highest BCUT2D eigenvalue weighted by Gasteiger charge is 2.32. The number of hydrogen-bond donors (Lipinski definition) is 1. The number of piperidine rings is 1. The summed E-state index contributed by atoms with van der Waals surface area (Å²) >= 11 is 0. The Morgan fingerprint density at radius 3 is 2.56 bits per heavy atom. The Balaban J connectivity index is 1.82. The molecule has 3 aromatic rings. The summed E-state index contributed by atoms with van der Waals surface area (Å²) in [5, 5.41) is 4.23. The molecule has 0 amide bonds. The zero-order valence-electron chi connectivity index (χ0n) is 20.3. The van der Waals surface area contributed by atoms with Gasteiger partial charge in [-0.1, -0.05) is 13.8 Å². The molecular weight excluding hydrogens is 454 g/mol. The number of benzene rings is 1. The number of imidazole rings is 1. The zero-order chi connectivity index (χ0) is 24.5. The van der Waals surface area contributed by atoms with Crippen molar-refractivity contribution in [3.8, 4) is 17.1 Å². The lowest BCUT2D eigenvalue weighted by Crippen LogP contribution is -2.39. The number of nitrogens with zero attached hydrogens (tertiary/aromatic N) is 4. The number of ether oxygens (including phenoxy) is 1. The summed E-state index contributed by atoms with van der Waals surface area (Å²) in [5.74, 6) is 1.43. The van der Waals surface area contributed by atoms with Crippen molar-refractivity contribution < 1.29 is 13.2 Å². The summed E-state index contributed by atoms with van der Waals surface area (Å²) < 4.78 is 34.3. The van der Waals surface area contributed by atoms with Crippen LogP contribution in [0.4, 0.5) is 0 Å². The van der Waals surface area contributed by atoms with E-state index in [0.29, 0.717) is 54.2 Å². The van der Waals surface area contributed by atoms with Crippen LogP contribution in [0.25, 0.3) is 16.9 Å².